The van der Waals surface area contributed by atoms with Gasteiger partial charge in [-0.25, -0.2) is 0 Å². The highest BCUT2D eigenvalue weighted by atomic mass is 16.5. The molecule has 0 aliphatic carbocycles. The minimum atomic E-state index is -0.259. The zero-order valence-corrected chi connectivity index (χ0v) is 22.3. The van der Waals surface area contributed by atoms with Gasteiger partial charge in [-0.1, -0.05) is 38.1 Å². The topological polar surface area (TPSA) is 80.3 Å². The van der Waals surface area contributed by atoms with E-state index in [-0.39, 0.29) is 18.6 Å². The van der Waals surface area contributed by atoms with E-state index in [0.717, 1.165) is 56.9 Å². The van der Waals surface area contributed by atoms with Crippen LogP contribution < -0.4 is 10.1 Å². The Balaban J connectivity index is 1.55. The van der Waals surface area contributed by atoms with Gasteiger partial charge < -0.3 is 24.6 Å². The fraction of sp³-hybridized carbons (Fsp3) is 0.567. The first kappa shape index (κ1) is 27.6. The molecule has 1 saturated heterocycles. The monoisotopic (exact) mass is 510 g/mol. The van der Waals surface area contributed by atoms with Gasteiger partial charge in [-0.15, -0.1) is 0 Å². The normalized spacial score (nSPS) is 18.9. The summed E-state index contributed by atoms with van der Waals surface area (Å²) in [6.07, 6.45) is 3.50. The molecule has 2 aromatic carbocycles. The van der Waals surface area contributed by atoms with Crippen molar-refractivity contribution in [2.75, 3.05) is 46.2 Å². The van der Waals surface area contributed by atoms with E-state index in [0.29, 0.717) is 43.8 Å². The van der Waals surface area contributed by atoms with E-state index in [1.165, 1.54) is 11.1 Å². The zero-order valence-electron chi connectivity index (χ0n) is 22.3. The summed E-state index contributed by atoms with van der Waals surface area (Å²) >= 11 is 0. The highest BCUT2D eigenvalue weighted by Gasteiger charge is 2.22. The second-order valence-corrected chi connectivity index (χ2v) is 10.6. The quantitative estimate of drug-likeness (QED) is 0.615. The number of aliphatic hydroxyl groups excluding tert-OH is 1. The van der Waals surface area contributed by atoms with Crippen molar-refractivity contribution in [2.24, 2.45) is 5.92 Å². The van der Waals surface area contributed by atoms with Gasteiger partial charge in [0, 0.05) is 44.3 Å². The standard InChI is InChI=1S/C30H42N2O5/c1-22(2)16-27(21-33)31-30(34)25-6-7-29-26(19-25)18-23-4-3-5-24(17-23)20-32(10-13-36-14-15-37-29)28-8-11-35-12-9-28/h3-7,17,19,22,27-28,33H,8-16,18,20-21H2,1-2H3,(H,31,34)/t27-/m0/s1. The second kappa shape index (κ2) is 13.9. The van der Waals surface area contributed by atoms with Crippen molar-refractivity contribution in [2.45, 2.75) is 58.2 Å². The summed E-state index contributed by atoms with van der Waals surface area (Å²) < 4.78 is 17.6. The Bertz CT molecular complexity index is 1010. The van der Waals surface area contributed by atoms with Crippen molar-refractivity contribution in [1.29, 1.82) is 0 Å². The van der Waals surface area contributed by atoms with Crippen LogP contribution in [0.25, 0.3) is 0 Å². The van der Waals surface area contributed by atoms with Crippen LogP contribution in [-0.4, -0.2) is 74.2 Å². The van der Waals surface area contributed by atoms with E-state index in [1.54, 1.807) is 6.07 Å². The SMILES string of the molecule is CC(C)C[C@@H](CO)NC(=O)c1ccc2c(c1)Cc1cccc(c1)CN(C1CCOCC1)CCOCCO2. The maximum atomic E-state index is 13.0. The predicted molar refractivity (Wildman–Crippen MR) is 144 cm³/mol. The molecule has 2 aromatic rings. The third kappa shape index (κ3) is 8.27. The molecule has 2 heterocycles. The third-order valence-electron chi connectivity index (χ3n) is 7.12. The number of hydrogen-bond donors (Lipinski definition) is 2. The van der Waals surface area contributed by atoms with E-state index in [9.17, 15) is 9.90 Å². The van der Waals surface area contributed by atoms with Crippen LogP contribution in [-0.2, 0) is 22.4 Å². The van der Waals surface area contributed by atoms with E-state index >= 15 is 0 Å². The smallest absolute Gasteiger partial charge is 0.251 e. The average molecular weight is 511 g/mol. The Morgan fingerprint density at radius 3 is 2.59 bits per heavy atom. The minimum absolute atomic E-state index is 0.0737. The van der Waals surface area contributed by atoms with Crippen LogP contribution in [0.1, 0.15) is 60.2 Å². The highest BCUT2D eigenvalue weighted by molar-refractivity contribution is 5.94. The summed E-state index contributed by atoms with van der Waals surface area (Å²) in [7, 11) is 0. The Morgan fingerprint density at radius 1 is 1.03 bits per heavy atom. The van der Waals surface area contributed by atoms with Crippen LogP contribution in [0, 0.1) is 5.92 Å². The van der Waals surface area contributed by atoms with Gasteiger partial charge in [0.05, 0.1) is 25.9 Å². The van der Waals surface area contributed by atoms with Crippen molar-refractivity contribution in [1.82, 2.24) is 10.2 Å². The molecule has 2 aliphatic heterocycles. The van der Waals surface area contributed by atoms with Crippen molar-refractivity contribution < 1.29 is 24.1 Å². The van der Waals surface area contributed by atoms with Gasteiger partial charge in [0.1, 0.15) is 12.4 Å². The molecule has 2 N–H and O–H groups in total. The number of amides is 1. The number of aliphatic hydroxyl groups is 1. The largest absolute Gasteiger partial charge is 0.491 e. The maximum Gasteiger partial charge on any atom is 0.251 e. The van der Waals surface area contributed by atoms with Gasteiger partial charge in [0.15, 0.2) is 0 Å². The van der Waals surface area contributed by atoms with Crippen LogP contribution in [0.2, 0.25) is 0 Å². The fourth-order valence-corrected chi connectivity index (χ4v) is 5.24. The molecule has 1 fully saturated rings. The first-order valence-corrected chi connectivity index (χ1v) is 13.7. The van der Waals surface area contributed by atoms with Crippen molar-refractivity contribution in [3.63, 3.8) is 0 Å². The van der Waals surface area contributed by atoms with Gasteiger partial charge in [0.2, 0.25) is 0 Å². The number of hydrogen-bond acceptors (Lipinski definition) is 6. The Hall–Kier alpha value is -2.45. The van der Waals surface area contributed by atoms with E-state index < -0.39 is 0 Å². The highest BCUT2D eigenvalue weighted by Crippen LogP contribution is 2.25. The molecule has 1 atom stereocenters. The number of ether oxygens (including phenoxy) is 3. The van der Waals surface area contributed by atoms with E-state index in [2.05, 4.69) is 48.3 Å². The van der Waals surface area contributed by atoms with Crippen molar-refractivity contribution >= 4 is 5.91 Å². The van der Waals surface area contributed by atoms with Gasteiger partial charge in [0.25, 0.3) is 5.91 Å². The molecule has 0 aromatic heterocycles. The molecular weight excluding hydrogens is 468 g/mol. The molecule has 0 saturated carbocycles. The molecule has 0 unspecified atom stereocenters. The van der Waals surface area contributed by atoms with Crippen LogP contribution in [0.4, 0.5) is 0 Å². The molecule has 4 rings (SSSR count). The van der Waals surface area contributed by atoms with Crippen molar-refractivity contribution in [3.8, 4) is 5.75 Å². The zero-order chi connectivity index (χ0) is 26.0. The number of nitrogens with zero attached hydrogens (tertiary/aromatic N) is 1. The summed E-state index contributed by atoms with van der Waals surface area (Å²) in [5.41, 5.74) is 4.00. The van der Waals surface area contributed by atoms with Gasteiger partial charge in [-0.2, -0.15) is 0 Å². The van der Waals surface area contributed by atoms with Gasteiger partial charge >= 0.3 is 0 Å². The third-order valence-corrected chi connectivity index (χ3v) is 7.12. The lowest BCUT2D eigenvalue weighted by Crippen LogP contribution is -2.41. The van der Waals surface area contributed by atoms with Gasteiger partial charge in [-0.05, 0) is 60.1 Å². The summed E-state index contributed by atoms with van der Waals surface area (Å²) in [6.45, 7) is 9.13. The number of nitrogens with one attached hydrogen (secondary N) is 1. The molecule has 0 radical (unpaired) electrons. The van der Waals surface area contributed by atoms with E-state index in [1.807, 2.05) is 12.1 Å². The number of benzene rings is 2. The first-order chi connectivity index (χ1) is 18.0. The molecular formula is C30H42N2O5. The second-order valence-electron chi connectivity index (χ2n) is 10.6. The molecule has 2 bridgehead atoms. The molecule has 7 heteroatoms. The average Bonchev–Trinajstić information content (AvgIpc) is 2.90. The van der Waals surface area contributed by atoms with E-state index in [4.69, 9.17) is 14.2 Å². The number of carbonyl (C=O) groups is 1. The number of fused-ring (bicyclic) bond motifs is 3. The Kier molecular flexibility index (Phi) is 10.4. The summed E-state index contributed by atoms with van der Waals surface area (Å²) in [5.74, 6) is 0.978. The minimum Gasteiger partial charge on any atom is -0.491 e. The lowest BCUT2D eigenvalue weighted by molar-refractivity contribution is 0.0133. The van der Waals surface area contributed by atoms with Crippen LogP contribution in [0.15, 0.2) is 42.5 Å². The van der Waals surface area contributed by atoms with Crippen LogP contribution >= 0.6 is 0 Å². The lowest BCUT2D eigenvalue weighted by Gasteiger charge is -2.34. The van der Waals surface area contributed by atoms with Crippen LogP contribution in [0.5, 0.6) is 5.75 Å². The predicted octanol–water partition coefficient (Wildman–Crippen LogP) is 3.80. The lowest BCUT2D eigenvalue weighted by atomic mass is 9.98. The molecule has 7 nitrogen and oxygen atoms in total. The number of rotatable bonds is 6. The van der Waals surface area contributed by atoms with Gasteiger partial charge in [-0.3, -0.25) is 9.69 Å². The maximum absolute atomic E-state index is 13.0. The fourth-order valence-electron chi connectivity index (χ4n) is 5.24. The Labute approximate surface area is 221 Å². The molecule has 0 spiro atoms. The summed E-state index contributed by atoms with van der Waals surface area (Å²) in [5, 5.41) is 12.7. The molecule has 2 aliphatic rings. The first-order valence-electron chi connectivity index (χ1n) is 13.7. The molecule has 37 heavy (non-hydrogen) atoms. The molecule has 202 valence electrons. The van der Waals surface area contributed by atoms with Crippen LogP contribution in [0.3, 0.4) is 0 Å². The number of carbonyl (C=O) groups excluding carboxylic acids is 1. The summed E-state index contributed by atoms with van der Waals surface area (Å²) in [6, 6.07) is 14.5. The van der Waals surface area contributed by atoms with Crippen molar-refractivity contribution in [3.05, 3.63) is 64.7 Å². The summed E-state index contributed by atoms with van der Waals surface area (Å²) in [4.78, 5) is 15.5. The molecule has 1 amide bonds. The Morgan fingerprint density at radius 2 is 1.81 bits per heavy atom.